The van der Waals surface area contributed by atoms with Gasteiger partial charge >= 0.3 is 0 Å². The number of amides is 4. The summed E-state index contributed by atoms with van der Waals surface area (Å²) >= 11 is 30.6. The Balaban J connectivity index is 0.000000187. The van der Waals surface area contributed by atoms with Crippen molar-refractivity contribution in [1.82, 2.24) is 0 Å². The van der Waals surface area contributed by atoms with E-state index in [1.165, 1.54) is 47.0 Å². The minimum absolute atomic E-state index is 0.0619. The molecule has 0 aliphatic carbocycles. The first kappa shape index (κ1) is 98.5. The maximum absolute atomic E-state index is 13.2. The summed E-state index contributed by atoms with van der Waals surface area (Å²) in [4.78, 5) is 80.3. The first-order chi connectivity index (χ1) is 59.8. The van der Waals surface area contributed by atoms with E-state index in [1.54, 1.807) is 117 Å². The molecule has 124 heavy (non-hydrogen) atoms. The van der Waals surface area contributed by atoms with Crippen molar-refractivity contribution in [3.63, 3.8) is 0 Å². The van der Waals surface area contributed by atoms with Crippen molar-refractivity contribution in [2.24, 2.45) is 20.0 Å². The van der Waals surface area contributed by atoms with Gasteiger partial charge in [-0.3, -0.25) is 58.7 Å². The number of nitrogens with zero attached hydrogens (tertiary/aromatic N) is 8. The number of hydrogen-bond donors (Lipinski definition) is 8. The smallest absolute Gasteiger partial charge is 0.271 e. The van der Waals surface area contributed by atoms with Gasteiger partial charge in [0.15, 0.2) is 20.7 Å². The molecule has 8 aromatic rings. The second-order valence-corrected chi connectivity index (χ2v) is 33.8. The Bertz CT molecular complexity index is 4680. The van der Waals surface area contributed by atoms with Crippen molar-refractivity contribution >= 4 is 185 Å². The molecule has 8 N–H and O–H groups in total. The molecule has 4 heterocycles. The summed E-state index contributed by atoms with van der Waals surface area (Å²) in [5.41, 5.74) is 10.3. The summed E-state index contributed by atoms with van der Waals surface area (Å²) in [6.07, 6.45) is 6.80. The number of aliphatic hydroxyl groups excluding tert-OH is 8. The Labute approximate surface area is 759 Å². The third kappa shape index (κ3) is 27.4. The molecule has 24 nitrogen and oxygen atoms in total. The Morgan fingerprint density at radius 3 is 0.685 bits per heavy atom. The lowest BCUT2D eigenvalue weighted by molar-refractivity contribution is -0.114. The van der Waals surface area contributed by atoms with Crippen LogP contribution in [0.1, 0.15) is 97.9 Å². The number of rotatable bonds is 32. The molecular weight excluding hydrogens is 1740 g/mol. The molecule has 0 radical (unpaired) electrons. The lowest BCUT2D eigenvalue weighted by Gasteiger charge is -2.18. The summed E-state index contributed by atoms with van der Waals surface area (Å²) < 4.78 is 21.7. The van der Waals surface area contributed by atoms with Crippen LogP contribution in [0.4, 0.5) is 22.7 Å². The van der Waals surface area contributed by atoms with E-state index in [9.17, 15) is 39.6 Å². The van der Waals surface area contributed by atoms with Crippen molar-refractivity contribution in [3.05, 3.63) is 254 Å². The maximum Gasteiger partial charge on any atom is 0.271 e. The zero-order chi connectivity index (χ0) is 89.5. The van der Waals surface area contributed by atoms with Gasteiger partial charge in [-0.25, -0.2) is 0 Å². The highest BCUT2D eigenvalue weighted by molar-refractivity contribution is 8.20. The topological polar surface area (TPSA) is 329 Å². The lowest BCUT2D eigenvalue weighted by Crippen LogP contribution is -2.29. The molecule has 656 valence electrons. The molecule has 4 aliphatic heterocycles. The number of para-hydroxylation sites is 4. The molecule has 12 rings (SSSR count). The summed E-state index contributed by atoms with van der Waals surface area (Å²) in [6, 6.07) is 51.6. The second kappa shape index (κ2) is 49.6. The van der Waals surface area contributed by atoms with Gasteiger partial charge < -0.3 is 59.8 Å². The van der Waals surface area contributed by atoms with Crippen LogP contribution in [0.15, 0.2) is 209 Å². The number of thioether (sulfide) groups is 4. The van der Waals surface area contributed by atoms with Crippen LogP contribution < -0.4 is 38.5 Å². The van der Waals surface area contributed by atoms with Gasteiger partial charge in [0.2, 0.25) is 0 Å². The Kier molecular flexibility index (Phi) is 39.4. The number of anilines is 4. The largest absolute Gasteiger partial charge is 0.489 e. The number of aliphatic imine (C=N–C) groups is 4. The molecule has 0 saturated carbocycles. The highest BCUT2D eigenvalue weighted by Gasteiger charge is 2.39. The predicted molar refractivity (Wildman–Crippen MR) is 507 cm³/mol. The van der Waals surface area contributed by atoms with Gasteiger partial charge in [0, 0.05) is 26.2 Å². The monoisotopic (exact) mass is 1840 g/mol. The van der Waals surface area contributed by atoms with E-state index >= 15 is 0 Å². The molecule has 0 spiro atoms. The van der Waals surface area contributed by atoms with Crippen LogP contribution in [-0.2, 0) is 19.2 Å². The Hall–Kier alpha value is -9.28. The van der Waals surface area contributed by atoms with Crippen LogP contribution in [0.2, 0.25) is 20.1 Å². The van der Waals surface area contributed by atoms with E-state index in [0.717, 1.165) is 92.9 Å². The molecule has 4 fully saturated rings. The van der Waals surface area contributed by atoms with E-state index in [1.807, 2.05) is 152 Å². The molecule has 4 aliphatic rings. The van der Waals surface area contributed by atoms with Gasteiger partial charge in [-0.1, -0.05) is 171 Å². The van der Waals surface area contributed by atoms with Crippen molar-refractivity contribution in [2.75, 3.05) is 98.6 Å². The number of hydrogen-bond acceptors (Lipinski definition) is 24. The van der Waals surface area contributed by atoms with Crippen LogP contribution in [0, 0.1) is 27.7 Å². The minimum Gasteiger partial charge on any atom is -0.489 e. The first-order valence-corrected chi connectivity index (χ1v) is 44.8. The minimum atomic E-state index is -0.973. The average Bonchev–Trinajstić information content (AvgIpc) is 1.65. The highest BCUT2D eigenvalue weighted by atomic mass is 35.5. The van der Waals surface area contributed by atoms with Crippen LogP contribution >= 0.6 is 93.5 Å². The molecule has 4 saturated heterocycles. The number of ether oxygens (including phenoxy) is 4. The van der Waals surface area contributed by atoms with Gasteiger partial charge in [-0.15, -0.1) is 0 Å². The molecule has 4 unspecified atom stereocenters. The molecule has 0 aromatic heterocycles. The fourth-order valence-corrected chi connectivity index (χ4v) is 16.7. The molecule has 32 heteroatoms. The average molecular weight is 1840 g/mol. The standard InChI is InChI=1S/4C23H25ClN2O4S/c4*1-3-10-25-23-26(19-7-5-4-6-15(19)2)22(29)21(31-23)12-16-8-9-20(18(24)11-16)30-14-17(28)13-27/h4*4-9,11-12,17,27-28H,3,10,13-14H2,1-2H3/b2*21-12+,25-23?;2*21-12-,25-23?. The number of carbonyl (C=O) groups is 4. The van der Waals surface area contributed by atoms with Gasteiger partial charge in [-0.05, 0) is 242 Å². The Morgan fingerprint density at radius 2 is 0.516 bits per heavy atom. The van der Waals surface area contributed by atoms with Crippen molar-refractivity contribution < 1.29 is 79.0 Å². The zero-order valence-electron chi connectivity index (χ0n) is 69.7. The quantitative estimate of drug-likeness (QED) is 0.0182. The van der Waals surface area contributed by atoms with E-state index < -0.39 is 24.4 Å². The van der Waals surface area contributed by atoms with Crippen LogP contribution in [0.5, 0.6) is 23.0 Å². The summed E-state index contributed by atoms with van der Waals surface area (Å²) in [6.45, 7) is 16.8. The zero-order valence-corrected chi connectivity index (χ0v) is 76.0. The second-order valence-electron chi connectivity index (χ2n) is 28.2. The predicted octanol–water partition coefficient (Wildman–Crippen LogP) is 17.1. The number of amidine groups is 4. The highest BCUT2D eigenvalue weighted by Crippen LogP contribution is 2.44. The number of halogens is 4. The SMILES string of the molecule is CCCN=C1S/C(=C/c2ccc(OCC(O)CO)c(Cl)c2)C(=O)N1c1ccccc1C.CCCN=C1S/C(=C/c2ccc(OCC(O)CO)c(Cl)c2)C(=O)N1c1ccccc1C.CCCN=C1S/C(=C\c2ccc(OCC(O)CO)c(Cl)c2)C(=O)N1c1ccccc1C.CCCN=C1S/C(=C\c2ccc(OCC(O)CO)c(Cl)c2)C(=O)N1c1ccccc1C. The third-order valence-electron chi connectivity index (χ3n) is 18.1. The number of carbonyl (C=O) groups excluding carboxylic acids is 4. The Morgan fingerprint density at radius 1 is 0.323 bits per heavy atom. The number of aryl methyl sites for hydroxylation is 4. The molecule has 4 atom stereocenters. The van der Waals surface area contributed by atoms with Gasteiger partial charge in [0.25, 0.3) is 23.6 Å². The molecule has 8 aromatic carbocycles. The maximum atomic E-state index is 13.2. The van der Waals surface area contributed by atoms with E-state index in [4.69, 9.17) is 85.8 Å². The third-order valence-corrected chi connectivity index (χ3v) is 23.3. The molecule has 0 bridgehead atoms. The van der Waals surface area contributed by atoms with Crippen LogP contribution in [-0.4, -0.2) is 189 Å². The van der Waals surface area contributed by atoms with Crippen LogP contribution in [0.3, 0.4) is 0 Å². The van der Waals surface area contributed by atoms with Gasteiger partial charge in [0.1, 0.15) is 73.8 Å². The van der Waals surface area contributed by atoms with E-state index in [-0.39, 0.29) is 76.5 Å². The van der Waals surface area contributed by atoms with Gasteiger partial charge in [0.05, 0.1) is 88.9 Å². The normalized spacial score (nSPS) is 17.6. The lowest BCUT2D eigenvalue weighted by atomic mass is 10.1. The number of benzene rings is 8. The first-order valence-electron chi connectivity index (χ1n) is 40.0. The van der Waals surface area contributed by atoms with E-state index in [0.29, 0.717) is 110 Å². The summed E-state index contributed by atoms with van der Waals surface area (Å²) in [5.74, 6) is 1.07. The van der Waals surface area contributed by atoms with Crippen molar-refractivity contribution in [3.8, 4) is 23.0 Å². The fraction of sp³-hybridized carbons (Fsp3) is 0.304. The molecule has 4 amide bonds. The number of aliphatic hydroxyl groups is 8. The molecular formula is C92H100Cl4N8O16S4. The fourth-order valence-electron chi connectivity index (χ4n) is 11.7. The van der Waals surface area contributed by atoms with Gasteiger partial charge in [-0.2, -0.15) is 0 Å². The van der Waals surface area contributed by atoms with Crippen LogP contribution in [0.25, 0.3) is 24.3 Å². The van der Waals surface area contributed by atoms with Crippen molar-refractivity contribution in [1.29, 1.82) is 0 Å². The summed E-state index contributed by atoms with van der Waals surface area (Å²) in [5, 5.41) is 77.3. The summed E-state index contributed by atoms with van der Waals surface area (Å²) in [7, 11) is 0. The van der Waals surface area contributed by atoms with E-state index in [2.05, 4.69) is 20.0 Å². The van der Waals surface area contributed by atoms with Crippen molar-refractivity contribution in [2.45, 2.75) is 105 Å².